The zero-order chi connectivity index (χ0) is 14.8. The van der Waals surface area contributed by atoms with Gasteiger partial charge in [0.1, 0.15) is 0 Å². The predicted molar refractivity (Wildman–Crippen MR) is 85.9 cm³/mol. The fourth-order valence-corrected chi connectivity index (χ4v) is 4.28. The summed E-state index contributed by atoms with van der Waals surface area (Å²) in [6.07, 6.45) is 8.42. The van der Waals surface area contributed by atoms with Crippen LogP contribution in [0.5, 0.6) is 0 Å². The van der Waals surface area contributed by atoms with E-state index in [1.807, 2.05) is 0 Å². The van der Waals surface area contributed by atoms with Crippen LogP contribution in [0.1, 0.15) is 73.1 Å². The highest BCUT2D eigenvalue weighted by molar-refractivity contribution is 4.90. The molecule has 0 spiro atoms. The Morgan fingerprint density at radius 3 is 2.50 bits per heavy atom. The van der Waals surface area contributed by atoms with E-state index in [0.29, 0.717) is 6.10 Å². The van der Waals surface area contributed by atoms with Crippen LogP contribution in [-0.2, 0) is 4.74 Å². The van der Waals surface area contributed by atoms with Crippen LogP contribution < -0.4 is 5.32 Å². The molecule has 118 valence electrons. The lowest BCUT2D eigenvalue weighted by Gasteiger charge is -2.39. The maximum atomic E-state index is 6.25. The molecule has 1 saturated carbocycles. The normalized spacial score (nSPS) is 37.5. The van der Waals surface area contributed by atoms with Crippen LogP contribution in [0.25, 0.3) is 0 Å². The van der Waals surface area contributed by atoms with Gasteiger partial charge in [-0.05, 0) is 76.7 Å². The van der Waals surface area contributed by atoms with Crippen molar-refractivity contribution in [3.05, 3.63) is 0 Å². The van der Waals surface area contributed by atoms with Crippen LogP contribution in [0.2, 0.25) is 0 Å². The van der Waals surface area contributed by atoms with Crippen LogP contribution in [0.15, 0.2) is 0 Å². The molecule has 2 aliphatic rings. The van der Waals surface area contributed by atoms with Gasteiger partial charge in [0.05, 0.1) is 11.7 Å². The van der Waals surface area contributed by atoms with Crippen LogP contribution in [-0.4, -0.2) is 24.3 Å². The molecule has 2 nitrogen and oxygen atoms in total. The number of hydrogen-bond acceptors (Lipinski definition) is 2. The fraction of sp³-hybridized carbons (Fsp3) is 1.00. The molecule has 1 N–H and O–H groups in total. The van der Waals surface area contributed by atoms with E-state index in [4.69, 9.17) is 4.74 Å². The van der Waals surface area contributed by atoms with Crippen molar-refractivity contribution in [3.63, 3.8) is 0 Å². The van der Waals surface area contributed by atoms with Crippen molar-refractivity contribution in [2.75, 3.05) is 6.54 Å². The van der Waals surface area contributed by atoms with Crippen LogP contribution in [0.4, 0.5) is 0 Å². The maximum absolute atomic E-state index is 6.25. The Bertz CT molecular complexity index is 300. The van der Waals surface area contributed by atoms with E-state index in [-0.39, 0.29) is 5.60 Å². The van der Waals surface area contributed by atoms with E-state index in [0.717, 1.165) is 30.3 Å². The summed E-state index contributed by atoms with van der Waals surface area (Å²) in [5.74, 6) is 2.57. The fourth-order valence-electron chi connectivity index (χ4n) is 4.28. The van der Waals surface area contributed by atoms with Crippen molar-refractivity contribution in [1.29, 1.82) is 0 Å². The monoisotopic (exact) mass is 281 g/mol. The van der Waals surface area contributed by atoms with Crippen molar-refractivity contribution in [1.82, 2.24) is 5.32 Å². The molecule has 0 bridgehead atoms. The van der Waals surface area contributed by atoms with Crippen molar-refractivity contribution < 1.29 is 4.74 Å². The zero-order valence-corrected chi connectivity index (χ0v) is 14.2. The third kappa shape index (κ3) is 4.21. The Morgan fingerprint density at radius 1 is 1.20 bits per heavy atom. The SMILES string of the molecule is CCNC1CCC(C(C)C)CC1CC1CCC(C)(C)O1. The lowest BCUT2D eigenvalue weighted by Crippen LogP contribution is -2.42. The first kappa shape index (κ1) is 16.3. The summed E-state index contributed by atoms with van der Waals surface area (Å²) in [4.78, 5) is 0. The molecular formula is C18H35NO. The summed E-state index contributed by atoms with van der Waals surface area (Å²) >= 11 is 0. The molecule has 4 unspecified atom stereocenters. The topological polar surface area (TPSA) is 21.3 Å². The molecule has 2 rings (SSSR count). The summed E-state index contributed by atoms with van der Waals surface area (Å²) in [5.41, 5.74) is 0.116. The molecule has 2 heteroatoms. The molecule has 0 aromatic carbocycles. The largest absolute Gasteiger partial charge is 0.372 e. The van der Waals surface area contributed by atoms with E-state index in [9.17, 15) is 0 Å². The van der Waals surface area contributed by atoms with E-state index in [1.54, 1.807) is 0 Å². The number of ether oxygens (including phenoxy) is 1. The molecule has 1 aliphatic carbocycles. The highest BCUT2D eigenvalue weighted by atomic mass is 16.5. The lowest BCUT2D eigenvalue weighted by molar-refractivity contribution is -0.0313. The van der Waals surface area contributed by atoms with Gasteiger partial charge in [-0.15, -0.1) is 0 Å². The van der Waals surface area contributed by atoms with Gasteiger partial charge in [0.2, 0.25) is 0 Å². The van der Waals surface area contributed by atoms with Crippen molar-refractivity contribution in [2.24, 2.45) is 17.8 Å². The van der Waals surface area contributed by atoms with E-state index < -0.39 is 0 Å². The Morgan fingerprint density at radius 2 is 1.95 bits per heavy atom. The van der Waals surface area contributed by atoms with Gasteiger partial charge >= 0.3 is 0 Å². The van der Waals surface area contributed by atoms with E-state index in [1.165, 1.54) is 38.5 Å². The zero-order valence-electron chi connectivity index (χ0n) is 14.2. The lowest BCUT2D eigenvalue weighted by atomic mass is 9.71. The van der Waals surface area contributed by atoms with Gasteiger partial charge in [0.15, 0.2) is 0 Å². The molecule has 0 aromatic heterocycles. The predicted octanol–water partition coefficient (Wildman–Crippen LogP) is 4.38. The maximum Gasteiger partial charge on any atom is 0.0631 e. The Balaban J connectivity index is 1.93. The summed E-state index contributed by atoms with van der Waals surface area (Å²) in [6.45, 7) is 12.6. The highest BCUT2D eigenvalue weighted by Crippen LogP contribution is 2.40. The number of hydrogen-bond donors (Lipinski definition) is 1. The van der Waals surface area contributed by atoms with Crippen molar-refractivity contribution in [2.45, 2.75) is 90.9 Å². The number of nitrogens with one attached hydrogen (secondary N) is 1. The molecule has 1 heterocycles. The molecule has 4 atom stereocenters. The van der Waals surface area contributed by atoms with Gasteiger partial charge in [-0.1, -0.05) is 20.8 Å². The Hall–Kier alpha value is -0.0800. The number of rotatable bonds is 5. The van der Waals surface area contributed by atoms with Gasteiger partial charge in [-0.25, -0.2) is 0 Å². The molecule has 1 saturated heterocycles. The molecule has 20 heavy (non-hydrogen) atoms. The van der Waals surface area contributed by atoms with Gasteiger partial charge in [-0.2, -0.15) is 0 Å². The van der Waals surface area contributed by atoms with Crippen LogP contribution in [0, 0.1) is 17.8 Å². The average Bonchev–Trinajstić information content (AvgIpc) is 2.71. The Kier molecular flexibility index (Phi) is 5.53. The smallest absolute Gasteiger partial charge is 0.0631 e. The quantitative estimate of drug-likeness (QED) is 0.807. The first-order valence-electron chi connectivity index (χ1n) is 8.82. The standard InChI is InChI=1S/C18H35NO/c1-6-19-17-8-7-14(13(2)3)11-15(17)12-16-9-10-18(4,5)20-16/h13-17,19H,6-12H2,1-5H3. The van der Waals surface area contributed by atoms with E-state index in [2.05, 4.69) is 39.9 Å². The molecule has 0 radical (unpaired) electrons. The molecule has 0 amide bonds. The summed E-state index contributed by atoms with van der Waals surface area (Å²) in [6, 6.07) is 0.724. The van der Waals surface area contributed by atoms with Gasteiger partial charge < -0.3 is 10.1 Å². The van der Waals surface area contributed by atoms with Crippen LogP contribution >= 0.6 is 0 Å². The second-order valence-corrected chi connectivity index (χ2v) is 8.02. The minimum Gasteiger partial charge on any atom is -0.372 e. The highest BCUT2D eigenvalue weighted by Gasteiger charge is 2.37. The van der Waals surface area contributed by atoms with Gasteiger partial charge in [0, 0.05) is 6.04 Å². The average molecular weight is 281 g/mol. The molecule has 2 fully saturated rings. The first-order valence-corrected chi connectivity index (χ1v) is 8.82. The molecule has 0 aromatic rings. The summed E-state index contributed by atoms with van der Waals surface area (Å²) in [5, 5.41) is 3.73. The second kappa shape index (κ2) is 6.79. The third-order valence-corrected chi connectivity index (χ3v) is 5.55. The summed E-state index contributed by atoms with van der Waals surface area (Å²) < 4.78 is 6.25. The minimum atomic E-state index is 0.116. The third-order valence-electron chi connectivity index (χ3n) is 5.55. The van der Waals surface area contributed by atoms with Gasteiger partial charge in [0.25, 0.3) is 0 Å². The van der Waals surface area contributed by atoms with Crippen molar-refractivity contribution in [3.8, 4) is 0 Å². The summed E-state index contributed by atoms with van der Waals surface area (Å²) in [7, 11) is 0. The van der Waals surface area contributed by atoms with Crippen LogP contribution in [0.3, 0.4) is 0 Å². The van der Waals surface area contributed by atoms with Crippen molar-refractivity contribution >= 4 is 0 Å². The second-order valence-electron chi connectivity index (χ2n) is 8.02. The van der Waals surface area contributed by atoms with Gasteiger partial charge in [-0.3, -0.25) is 0 Å². The minimum absolute atomic E-state index is 0.116. The molecule has 1 aliphatic heterocycles. The first-order chi connectivity index (χ1) is 9.41. The van der Waals surface area contributed by atoms with E-state index >= 15 is 0 Å². The Labute approximate surface area is 126 Å². The molecular weight excluding hydrogens is 246 g/mol.